The first-order chi connectivity index (χ1) is 6.59. The Hall–Kier alpha value is 0.610. The zero-order valence-corrected chi connectivity index (χ0v) is 11.3. The first kappa shape index (κ1) is 12.7. The highest BCUT2D eigenvalue weighted by Crippen LogP contribution is 2.34. The maximum Gasteiger partial charge on any atom is 0.221 e. The summed E-state index contributed by atoms with van der Waals surface area (Å²) >= 11 is 9.43. The Balaban J connectivity index is 2.34. The second-order valence-electron chi connectivity index (χ2n) is 2.90. The van der Waals surface area contributed by atoms with Gasteiger partial charge < -0.3 is 4.74 Å². The first-order valence-electron chi connectivity index (χ1n) is 4.25. The van der Waals surface area contributed by atoms with Crippen molar-refractivity contribution in [1.29, 1.82) is 0 Å². The molecule has 1 fully saturated rings. The fourth-order valence-corrected chi connectivity index (χ4v) is 4.99. The van der Waals surface area contributed by atoms with Crippen molar-refractivity contribution in [1.82, 2.24) is 0 Å². The van der Waals surface area contributed by atoms with Crippen molar-refractivity contribution >= 4 is 57.0 Å². The van der Waals surface area contributed by atoms with Gasteiger partial charge >= 0.3 is 0 Å². The zero-order chi connectivity index (χ0) is 10.6. The van der Waals surface area contributed by atoms with Crippen LogP contribution in [0.15, 0.2) is 0 Å². The average molecular weight is 268 g/mol. The van der Waals surface area contributed by atoms with Crippen LogP contribution in [0.25, 0.3) is 0 Å². The fourth-order valence-electron chi connectivity index (χ4n) is 0.823. The van der Waals surface area contributed by atoms with Crippen LogP contribution in [0.1, 0.15) is 13.8 Å². The molecule has 0 aromatic heterocycles. The summed E-state index contributed by atoms with van der Waals surface area (Å²) in [7, 11) is 0. The monoisotopic (exact) mass is 268 g/mol. The van der Waals surface area contributed by atoms with Crippen molar-refractivity contribution in [3.63, 3.8) is 0 Å². The molecule has 0 spiro atoms. The maximum atomic E-state index is 11.4. The quantitative estimate of drug-likeness (QED) is 0.715. The molecule has 80 valence electrons. The highest BCUT2D eigenvalue weighted by molar-refractivity contribution is 8.33. The van der Waals surface area contributed by atoms with Gasteiger partial charge in [0.2, 0.25) is 9.50 Å². The minimum Gasteiger partial charge on any atom is -0.476 e. The Labute approximate surface area is 102 Å². The number of ether oxygens (including phenoxy) is 1. The lowest BCUT2D eigenvalue weighted by Crippen LogP contribution is -2.19. The Morgan fingerprint density at radius 1 is 1.64 bits per heavy atom. The van der Waals surface area contributed by atoms with Crippen molar-refractivity contribution in [2.24, 2.45) is 0 Å². The molecule has 1 aliphatic heterocycles. The third-order valence-corrected chi connectivity index (χ3v) is 5.57. The van der Waals surface area contributed by atoms with Crippen LogP contribution < -0.4 is 0 Å². The smallest absolute Gasteiger partial charge is 0.221 e. The summed E-state index contributed by atoms with van der Waals surface area (Å²) in [5, 5.41) is 0.209. The van der Waals surface area contributed by atoms with E-state index in [0.717, 1.165) is 11.5 Å². The number of hydrogen-bond acceptors (Lipinski definition) is 6. The summed E-state index contributed by atoms with van der Waals surface area (Å²) in [6.07, 6.45) is 0.0892. The number of rotatable bonds is 2. The van der Waals surface area contributed by atoms with Gasteiger partial charge in [-0.15, -0.1) is 11.8 Å². The fraction of sp³-hybridized carbons (Fsp3) is 0.750. The van der Waals surface area contributed by atoms with Gasteiger partial charge in [0.25, 0.3) is 0 Å². The van der Waals surface area contributed by atoms with E-state index >= 15 is 0 Å². The molecule has 0 aromatic carbocycles. The number of thioether (sulfide) groups is 3. The van der Waals surface area contributed by atoms with E-state index in [2.05, 4.69) is 0 Å². The number of hydrogen-bond donors (Lipinski definition) is 0. The van der Waals surface area contributed by atoms with Crippen LogP contribution in [-0.2, 0) is 9.53 Å². The minimum atomic E-state index is -0.0694. The number of carbonyl (C=O) groups excluding carboxylic acids is 1. The molecule has 1 rings (SSSR count). The molecule has 0 saturated carbocycles. The third kappa shape index (κ3) is 4.42. The van der Waals surface area contributed by atoms with E-state index in [1.807, 2.05) is 13.8 Å². The van der Waals surface area contributed by atoms with Gasteiger partial charge in [-0.1, -0.05) is 23.5 Å². The highest BCUT2D eigenvalue weighted by atomic mass is 32.2. The minimum absolute atomic E-state index is 0.0694. The van der Waals surface area contributed by atoms with Gasteiger partial charge in [-0.25, -0.2) is 0 Å². The lowest BCUT2D eigenvalue weighted by Gasteiger charge is -2.19. The van der Waals surface area contributed by atoms with Gasteiger partial charge in [-0.2, -0.15) is 0 Å². The molecule has 0 bridgehead atoms. The second-order valence-corrected chi connectivity index (χ2v) is 7.22. The van der Waals surface area contributed by atoms with Crippen LogP contribution in [0, 0.1) is 0 Å². The van der Waals surface area contributed by atoms with Crippen molar-refractivity contribution in [3.8, 4) is 0 Å². The lowest BCUT2D eigenvalue weighted by atomic mass is 10.5. The summed E-state index contributed by atoms with van der Waals surface area (Å²) in [5.41, 5.74) is 0. The molecule has 1 heterocycles. The largest absolute Gasteiger partial charge is 0.476 e. The number of carbonyl (C=O) groups is 1. The summed E-state index contributed by atoms with van der Waals surface area (Å²) < 4.78 is 5.73. The molecule has 0 aliphatic carbocycles. The standard InChI is InChI=1S/C8H12O2S4/c1-5(2)10-8(11)14-7-6(9)12-3-4-13-7/h5,7H,3-4H2,1-2H3. The van der Waals surface area contributed by atoms with Crippen molar-refractivity contribution in [2.45, 2.75) is 24.5 Å². The molecule has 0 N–H and O–H groups in total. The van der Waals surface area contributed by atoms with Crippen molar-refractivity contribution < 1.29 is 9.53 Å². The van der Waals surface area contributed by atoms with Crippen LogP contribution in [0.2, 0.25) is 0 Å². The normalized spacial score (nSPS) is 22.5. The molecule has 1 unspecified atom stereocenters. The van der Waals surface area contributed by atoms with E-state index in [0.29, 0.717) is 4.38 Å². The molecule has 1 aliphatic rings. The van der Waals surface area contributed by atoms with E-state index in [4.69, 9.17) is 17.0 Å². The predicted molar refractivity (Wildman–Crippen MR) is 70.1 cm³/mol. The van der Waals surface area contributed by atoms with Crippen molar-refractivity contribution in [2.75, 3.05) is 11.5 Å². The van der Waals surface area contributed by atoms with Crippen LogP contribution in [-0.4, -0.2) is 31.7 Å². The Kier molecular flexibility index (Phi) is 5.66. The van der Waals surface area contributed by atoms with Crippen LogP contribution >= 0.6 is 47.5 Å². The van der Waals surface area contributed by atoms with Gasteiger partial charge in [0.05, 0.1) is 6.10 Å². The zero-order valence-electron chi connectivity index (χ0n) is 8.02. The first-order valence-corrected chi connectivity index (χ1v) is 7.57. The lowest BCUT2D eigenvalue weighted by molar-refractivity contribution is -0.109. The van der Waals surface area contributed by atoms with Crippen LogP contribution in [0.5, 0.6) is 0 Å². The molecule has 1 atom stereocenters. The second kappa shape index (κ2) is 6.25. The molecule has 1 saturated heterocycles. The summed E-state index contributed by atoms with van der Waals surface area (Å²) in [4.78, 5) is 11.4. The van der Waals surface area contributed by atoms with Gasteiger partial charge in [-0.3, -0.25) is 4.79 Å². The predicted octanol–water partition coefficient (Wildman–Crippen LogP) is 2.76. The summed E-state index contributed by atoms with van der Waals surface area (Å²) in [5.74, 6) is 1.93. The van der Waals surface area contributed by atoms with Crippen LogP contribution in [0.4, 0.5) is 0 Å². The van der Waals surface area contributed by atoms with E-state index in [1.165, 1.54) is 23.5 Å². The van der Waals surface area contributed by atoms with Gasteiger partial charge in [0.1, 0.15) is 4.58 Å². The Morgan fingerprint density at radius 3 is 2.93 bits per heavy atom. The highest BCUT2D eigenvalue weighted by Gasteiger charge is 2.26. The van der Waals surface area contributed by atoms with Gasteiger partial charge in [0.15, 0.2) is 0 Å². The van der Waals surface area contributed by atoms with Crippen LogP contribution in [0.3, 0.4) is 0 Å². The topological polar surface area (TPSA) is 26.3 Å². The number of thiocarbonyl (C=S) groups is 1. The SMILES string of the molecule is CC(C)OC(=S)SC1SCCSC1=O. The van der Waals surface area contributed by atoms with E-state index in [-0.39, 0.29) is 15.8 Å². The van der Waals surface area contributed by atoms with E-state index < -0.39 is 0 Å². The third-order valence-electron chi connectivity index (χ3n) is 1.32. The molecule has 14 heavy (non-hydrogen) atoms. The van der Waals surface area contributed by atoms with E-state index in [1.54, 1.807) is 11.8 Å². The molecule has 0 radical (unpaired) electrons. The molecule has 0 aromatic rings. The Morgan fingerprint density at radius 2 is 2.36 bits per heavy atom. The van der Waals surface area contributed by atoms with Gasteiger partial charge in [0, 0.05) is 11.5 Å². The molecular weight excluding hydrogens is 256 g/mol. The summed E-state index contributed by atoms with van der Waals surface area (Å²) in [6, 6.07) is 0. The van der Waals surface area contributed by atoms with Gasteiger partial charge in [-0.05, 0) is 26.1 Å². The molecule has 6 heteroatoms. The molecular formula is C8H12O2S4. The Bertz CT molecular complexity index is 229. The molecule has 0 amide bonds. The summed E-state index contributed by atoms with van der Waals surface area (Å²) in [6.45, 7) is 3.86. The average Bonchev–Trinajstić information content (AvgIpc) is 2.07. The molecule has 2 nitrogen and oxygen atoms in total. The maximum absolute atomic E-state index is 11.4. The van der Waals surface area contributed by atoms with Crippen molar-refractivity contribution in [3.05, 3.63) is 0 Å². The van der Waals surface area contributed by atoms with E-state index in [9.17, 15) is 4.79 Å².